The minimum absolute atomic E-state index is 0. The third-order valence-corrected chi connectivity index (χ3v) is 5.23. The summed E-state index contributed by atoms with van der Waals surface area (Å²) in [4.78, 5) is 10.9. The molecule has 3 heterocycles. The van der Waals surface area contributed by atoms with Crippen LogP contribution in [0.5, 0.6) is 0 Å². The normalized spacial score (nSPS) is 15.9. The number of aryl methyl sites for hydroxylation is 1. The maximum absolute atomic E-state index is 4.91. The van der Waals surface area contributed by atoms with Gasteiger partial charge in [0.25, 0.3) is 0 Å². The first-order chi connectivity index (χ1) is 11.8. The van der Waals surface area contributed by atoms with Crippen molar-refractivity contribution in [2.75, 3.05) is 32.7 Å². The quantitative estimate of drug-likeness (QED) is 0.410. The number of halogens is 1. The van der Waals surface area contributed by atoms with Crippen LogP contribution in [-0.2, 0) is 13.1 Å². The zero-order valence-electron chi connectivity index (χ0n) is 14.8. The van der Waals surface area contributed by atoms with Crippen LogP contribution in [0.15, 0.2) is 33.3 Å². The Balaban J connectivity index is 0.00000225. The molecule has 6 nitrogen and oxygen atoms in total. The molecule has 0 spiro atoms. The highest BCUT2D eigenvalue weighted by Crippen LogP contribution is 2.16. The van der Waals surface area contributed by atoms with Gasteiger partial charge in [-0.05, 0) is 30.9 Å². The highest BCUT2D eigenvalue weighted by molar-refractivity contribution is 14.0. The maximum Gasteiger partial charge on any atom is 0.194 e. The molecule has 0 atom stereocenters. The van der Waals surface area contributed by atoms with E-state index in [9.17, 15) is 0 Å². The number of guanidine groups is 1. The second-order valence-corrected chi connectivity index (χ2v) is 6.95. The molecule has 1 aliphatic heterocycles. The molecule has 0 aliphatic carbocycles. The molecule has 1 fully saturated rings. The van der Waals surface area contributed by atoms with Crippen molar-refractivity contribution in [3.63, 3.8) is 0 Å². The molecule has 2 aromatic rings. The lowest BCUT2D eigenvalue weighted by Crippen LogP contribution is -2.52. The topological polar surface area (TPSA) is 56.9 Å². The number of nitrogens with zero attached hydrogens (tertiary/aromatic N) is 4. The molecule has 0 aromatic carbocycles. The number of hydrogen-bond donors (Lipinski definition) is 1. The van der Waals surface area contributed by atoms with Gasteiger partial charge in [-0.1, -0.05) is 5.16 Å². The highest BCUT2D eigenvalue weighted by Gasteiger charge is 2.20. The van der Waals surface area contributed by atoms with E-state index in [0.717, 1.165) is 57.5 Å². The number of thiophene rings is 1. The SMILES string of the molecule is CCNC(=NCc1sccc1C)N1CCN(Cc2ccon2)CC1.I. The van der Waals surface area contributed by atoms with Crippen molar-refractivity contribution in [1.82, 2.24) is 20.3 Å². The Morgan fingerprint density at radius 3 is 2.72 bits per heavy atom. The molecular weight excluding hydrogens is 449 g/mol. The van der Waals surface area contributed by atoms with Crippen LogP contribution in [0.3, 0.4) is 0 Å². The maximum atomic E-state index is 4.91. The standard InChI is InChI=1S/C17H25N5OS.HI/c1-3-18-17(19-12-16-14(2)5-11-24-16)22-8-6-21(7-9-22)13-15-4-10-23-20-15;/h4-5,10-11H,3,6-9,12-13H2,1-2H3,(H,18,19);1H. The van der Waals surface area contributed by atoms with E-state index in [1.54, 1.807) is 17.6 Å². The number of piperazine rings is 1. The van der Waals surface area contributed by atoms with Crippen molar-refractivity contribution < 1.29 is 4.52 Å². The van der Waals surface area contributed by atoms with Crippen LogP contribution in [0.4, 0.5) is 0 Å². The third kappa shape index (κ3) is 5.68. The number of aliphatic imine (C=N–C) groups is 1. The lowest BCUT2D eigenvalue weighted by Gasteiger charge is -2.36. The molecule has 0 radical (unpaired) electrons. The first-order valence-corrected chi connectivity index (χ1v) is 9.32. The van der Waals surface area contributed by atoms with Crippen LogP contribution in [-0.4, -0.2) is 53.6 Å². The van der Waals surface area contributed by atoms with Crippen LogP contribution in [0.2, 0.25) is 0 Å². The van der Waals surface area contributed by atoms with Gasteiger partial charge in [0.1, 0.15) is 6.26 Å². The Bertz CT molecular complexity index is 650. The van der Waals surface area contributed by atoms with Crippen LogP contribution >= 0.6 is 35.3 Å². The van der Waals surface area contributed by atoms with E-state index in [-0.39, 0.29) is 24.0 Å². The molecular formula is C17H26IN5OS. The average Bonchev–Trinajstić information content (AvgIpc) is 3.24. The van der Waals surface area contributed by atoms with Gasteiger partial charge < -0.3 is 14.7 Å². The van der Waals surface area contributed by atoms with Gasteiger partial charge in [-0.2, -0.15) is 0 Å². The van der Waals surface area contributed by atoms with E-state index in [0.29, 0.717) is 0 Å². The molecule has 0 bridgehead atoms. The smallest absolute Gasteiger partial charge is 0.194 e. The minimum Gasteiger partial charge on any atom is -0.364 e. The van der Waals surface area contributed by atoms with Crippen LogP contribution in [0, 0.1) is 6.92 Å². The first kappa shape index (κ1) is 20.2. The van der Waals surface area contributed by atoms with Crippen LogP contribution in [0.1, 0.15) is 23.1 Å². The molecule has 138 valence electrons. The molecule has 1 aliphatic rings. The third-order valence-electron chi connectivity index (χ3n) is 4.22. The molecule has 0 saturated carbocycles. The number of rotatable bonds is 5. The van der Waals surface area contributed by atoms with E-state index in [4.69, 9.17) is 9.52 Å². The Morgan fingerprint density at radius 1 is 1.32 bits per heavy atom. The van der Waals surface area contributed by atoms with Crippen molar-refractivity contribution in [2.45, 2.75) is 26.9 Å². The van der Waals surface area contributed by atoms with Crippen molar-refractivity contribution in [3.8, 4) is 0 Å². The summed E-state index contributed by atoms with van der Waals surface area (Å²) in [5.41, 5.74) is 2.33. The summed E-state index contributed by atoms with van der Waals surface area (Å²) in [6.45, 7) is 10.7. The zero-order chi connectivity index (χ0) is 16.8. The fourth-order valence-corrected chi connectivity index (χ4v) is 3.63. The van der Waals surface area contributed by atoms with Gasteiger partial charge in [0.2, 0.25) is 0 Å². The van der Waals surface area contributed by atoms with E-state index >= 15 is 0 Å². The lowest BCUT2D eigenvalue weighted by atomic mass is 10.3. The lowest BCUT2D eigenvalue weighted by molar-refractivity contribution is 0.169. The Morgan fingerprint density at radius 2 is 2.12 bits per heavy atom. The molecule has 3 rings (SSSR count). The highest BCUT2D eigenvalue weighted by atomic mass is 127. The number of aromatic nitrogens is 1. The Kier molecular flexibility index (Phi) is 8.17. The summed E-state index contributed by atoms with van der Waals surface area (Å²) in [5.74, 6) is 1.02. The van der Waals surface area contributed by atoms with Gasteiger partial charge in [0.15, 0.2) is 5.96 Å². The monoisotopic (exact) mass is 475 g/mol. The molecule has 25 heavy (non-hydrogen) atoms. The summed E-state index contributed by atoms with van der Waals surface area (Å²) in [6.07, 6.45) is 1.63. The van der Waals surface area contributed by atoms with E-state index in [1.807, 2.05) is 6.07 Å². The first-order valence-electron chi connectivity index (χ1n) is 8.44. The largest absolute Gasteiger partial charge is 0.364 e. The van der Waals surface area contributed by atoms with Crippen molar-refractivity contribution in [2.24, 2.45) is 4.99 Å². The fourth-order valence-electron chi connectivity index (χ4n) is 2.80. The molecule has 0 amide bonds. The van der Waals surface area contributed by atoms with Gasteiger partial charge in [-0.25, -0.2) is 4.99 Å². The van der Waals surface area contributed by atoms with Gasteiger partial charge >= 0.3 is 0 Å². The number of hydrogen-bond acceptors (Lipinski definition) is 5. The molecule has 1 N–H and O–H groups in total. The Labute approximate surface area is 170 Å². The van der Waals surface area contributed by atoms with Crippen molar-refractivity contribution in [1.29, 1.82) is 0 Å². The summed E-state index contributed by atoms with van der Waals surface area (Å²) in [7, 11) is 0. The van der Waals surface area contributed by atoms with E-state index in [1.165, 1.54) is 10.4 Å². The average molecular weight is 475 g/mol. The van der Waals surface area contributed by atoms with Crippen molar-refractivity contribution in [3.05, 3.63) is 39.9 Å². The fraction of sp³-hybridized carbons (Fsp3) is 0.529. The van der Waals surface area contributed by atoms with Gasteiger partial charge in [-0.15, -0.1) is 35.3 Å². The zero-order valence-corrected chi connectivity index (χ0v) is 17.9. The summed E-state index contributed by atoms with van der Waals surface area (Å²) in [5, 5.41) is 9.56. The predicted octanol–water partition coefficient (Wildman–Crippen LogP) is 2.95. The second kappa shape index (κ2) is 10.1. The van der Waals surface area contributed by atoms with Gasteiger partial charge in [-0.3, -0.25) is 4.90 Å². The molecule has 1 saturated heterocycles. The molecule has 2 aromatic heterocycles. The Hall–Kier alpha value is -1.13. The van der Waals surface area contributed by atoms with Crippen LogP contribution in [0.25, 0.3) is 0 Å². The molecule has 8 heteroatoms. The second-order valence-electron chi connectivity index (χ2n) is 5.95. The predicted molar refractivity (Wildman–Crippen MR) is 113 cm³/mol. The summed E-state index contributed by atoms with van der Waals surface area (Å²) >= 11 is 1.78. The number of nitrogens with one attached hydrogen (secondary N) is 1. The van der Waals surface area contributed by atoms with E-state index in [2.05, 4.69) is 45.6 Å². The minimum atomic E-state index is 0. The van der Waals surface area contributed by atoms with Crippen molar-refractivity contribution >= 4 is 41.3 Å². The van der Waals surface area contributed by atoms with Gasteiger partial charge in [0.05, 0.1) is 12.2 Å². The summed E-state index contributed by atoms with van der Waals surface area (Å²) < 4.78 is 4.91. The van der Waals surface area contributed by atoms with Crippen LogP contribution < -0.4 is 5.32 Å². The molecule has 0 unspecified atom stereocenters. The van der Waals surface area contributed by atoms with Gasteiger partial charge in [0, 0.05) is 50.2 Å². The van der Waals surface area contributed by atoms with E-state index < -0.39 is 0 Å². The summed E-state index contributed by atoms with van der Waals surface area (Å²) in [6, 6.07) is 4.09.